The first-order valence-corrected chi connectivity index (χ1v) is 17.6. The Morgan fingerprint density at radius 3 is 1.52 bits per heavy atom. The first kappa shape index (κ1) is 28.7. The van der Waals surface area contributed by atoms with E-state index in [0.29, 0.717) is 0 Å². The predicted octanol–water partition coefficient (Wildman–Crippen LogP) is 12.5. The van der Waals surface area contributed by atoms with E-state index in [0.717, 1.165) is 51.2 Å². The first-order valence-electron chi connectivity index (χ1n) is 17.6. The average Bonchev–Trinajstić information content (AvgIpc) is 3.72. The molecule has 11 rings (SSSR count). The fraction of sp³-hybridized carbons (Fsp3) is 0. The molecule has 0 amide bonds. The molecule has 0 bridgehead atoms. The van der Waals surface area contributed by atoms with Crippen LogP contribution in [0.4, 0.5) is 17.2 Å². The summed E-state index contributed by atoms with van der Waals surface area (Å²) in [5, 5.41) is 4.87. The lowest BCUT2D eigenvalue weighted by atomic mass is 10.0. The van der Waals surface area contributed by atoms with Crippen molar-refractivity contribution >= 4 is 60.8 Å². The van der Waals surface area contributed by atoms with E-state index >= 15 is 0 Å². The molecule has 4 heterocycles. The highest BCUT2D eigenvalue weighted by Gasteiger charge is 2.26. The molecule has 1 aliphatic rings. The van der Waals surface area contributed by atoms with E-state index in [1.807, 2.05) is 36.4 Å². The van der Waals surface area contributed by atoms with Gasteiger partial charge in [-0.25, -0.2) is 4.98 Å². The predicted molar refractivity (Wildman–Crippen MR) is 213 cm³/mol. The van der Waals surface area contributed by atoms with E-state index in [9.17, 15) is 0 Å². The van der Waals surface area contributed by atoms with Gasteiger partial charge in [0.25, 0.3) is 0 Å². The quantitative estimate of drug-likeness (QED) is 0.188. The number of rotatable bonds is 4. The second-order valence-electron chi connectivity index (χ2n) is 13.2. The number of hydrogen-bond acceptors (Lipinski definition) is 3. The Hall–Kier alpha value is -7.11. The summed E-state index contributed by atoms with van der Waals surface area (Å²) in [4.78, 5) is 7.53. The molecule has 0 radical (unpaired) electrons. The number of para-hydroxylation sites is 7. The number of nitrogens with zero attached hydrogens (tertiary/aromatic N) is 4. The number of fused-ring (bicyclic) bond motifs is 8. The molecular weight excluding hydrogens is 637 g/mol. The van der Waals surface area contributed by atoms with Gasteiger partial charge in [-0.15, -0.1) is 0 Å². The SMILES string of the molecule is c1ccc(-n2c3ccccc3c3cc(-c4ccc5c(c4)c4ccccc4n5-c4cccc(N5c6ccccc6Oc6ccccc65)n4)ccc32)cc1. The number of pyridine rings is 1. The molecule has 5 heteroatoms. The molecule has 10 aromatic rings. The fourth-order valence-electron chi connectivity index (χ4n) is 8.02. The van der Waals surface area contributed by atoms with Crippen LogP contribution in [0.15, 0.2) is 182 Å². The van der Waals surface area contributed by atoms with Crippen LogP contribution in [0, 0.1) is 0 Å². The summed E-state index contributed by atoms with van der Waals surface area (Å²) in [6.45, 7) is 0. The Bertz CT molecular complexity index is 2970. The Morgan fingerprint density at radius 2 is 0.865 bits per heavy atom. The third-order valence-corrected chi connectivity index (χ3v) is 10.3. The van der Waals surface area contributed by atoms with Crippen LogP contribution in [0.25, 0.3) is 66.2 Å². The lowest BCUT2D eigenvalue weighted by Crippen LogP contribution is -2.17. The van der Waals surface area contributed by atoms with Crippen LogP contribution >= 0.6 is 0 Å². The number of hydrogen-bond donors (Lipinski definition) is 0. The van der Waals surface area contributed by atoms with Gasteiger partial charge in [0.1, 0.15) is 11.6 Å². The maximum Gasteiger partial charge on any atom is 0.151 e. The summed E-state index contributed by atoms with van der Waals surface area (Å²) in [5.74, 6) is 3.29. The second kappa shape index (κ2) is 11.2. The van der Waals surface area contributed by atoms with Crippen molar-refractivity contribution in [3.63, 3.8) is 0 Å². The zero-order valence-electron chi connectivity index (χ0n) is 28.0. The van der Waals surface area contributed by atoms with Crippen LogP contribution in [-0.2, 0) is 0 Å². The smallest absolute Gasteiger partial charge is 0.151 e. The zero-order chi connectivity index (χ0) is 34.2. The maximum absolute atomic E-state index is 6.28. The normalized spacial score (nSPS) is 12.3. The van der Waals surface area contributed by atoms with Gasteiger partial charge in [0.2, 0.25) is 0 Å². The van der Waals surface area contributed by atoms with Gasteiger partial charge in [0, 0.05) is 27.2 Å². The van der Waals surface area contributed by atoms with Crippen molar-refractivity contribution in [2.24, 2.45) is 0 Å². The summed E-state index contributed by atoms with van der Waals surface area (Å²) in [6.07, 6.45) is 0. The summed E-state index contributed by atoms with van der Waals surface area (Å²) in [6, 6.07) is 64.1. The topological polar surface area (TPSA) is 35.2 Å². The monoisotopic (exact) mass is 666 g/mol. The molecule has 0 saturated heterocycles. The lowest BCUT2D eigenvalue weighted by Gasteiger charge is -2.32. The van der Waals surface area contributed by atoms with Gasteiger partial charge in [-0.1, -0.05) is 97.1 Å². The molecule has 244 valence electrons. The van der Waals surface area contributed by atoms with Crippen molar-refractivity contribution in [2.75, 3.05) is 4.90 Å². The number of aromatic nitrogens is 3. The van der Waals surface area contributed by atoms with Gasteiger partial charge in [-0.05, 0) is 96.1 Å². The summed E-state index contributed by atoms with van der Waals surface area (Å²) in [5.41, 5.74) is 10.1. The lowest BCUT2D eigenvalue weighted by molar-refractivity contribution is 0.476. The minimum absolute atomic E-state index is 0.806. The molecule has 0 atom stereocenters. The zero-order valence-corrected chi connectivity index (χ0v) is 28.0. The molecule has 0 saturated carbocycles. The van der Waals surface area contributed by atoms with Gasteiger partial charge in [0.15, 0.2) is 11.5 Å². The van der Waals surface area contributed by atoms with E-state index in [2.05, 4.69) is 160 Å². The molecule has 3 aromatic heterocycles. The van der Waals surface area contributed by atoms with Gasteiger partial charge < -0.3 is 9.30 Å². The summed E-state index contributed by atoms with van der Waals surface area (Å²) >= 11 is 0. The summed E-state index contributed by atoms with van der Waals surface area (Å²) in [7, 11) is 0. The number of ether oxygens (including phenoxy) is 1. The maximum atomic E-state index is 6.28. The molecule has 5 nitrogen and oxygen atoms in total. The average molecular weight is 667 g/mol. The van der Waals surface area contributed by atoms with Gasteiger partial charge in [-0.3, -0.25) is 9.47 Å². The molecule has 0 fully saturated rings. The molecule has 0 spiro atoms. The van der Waals surface area contributed by atoms with Crippen molar-refractivity contribution < 1.29 is 4.74 Å². The van der Waals surface area contributed by atoms with E-state index in [-0.39, 0.29) is 0 Å². The van der Waals surface area contributed by atoms with Crippen molar-refractivity contribution in [1.29, 1.82) is 0 Å². The number of benzene rings is 7. The highest BCUT2D eigenvalue weighted by molar-refractivity contribution is 6.12. The molecule has 7 aromatic carbocycles. The Labute approximate surface area is 299 Å². The van der Waals surface area contributed by atoms with Gasteiger partial charge in [-0.2, -0.15) is 0 Å². The Balaban J connectivity index is 1.07. The van der Waals surface area contributed by atoms with Gasteiger partial charge in [0.05, 0.1) is 33.4 Å². The molecule has 1 aliphatic heterocycles. The first-order chi connectivity index (χ1) is 25.8. The third-order valence-electron chi connectivity index (χ3n) is 10.3. The van der Waals surface area contributed by atoms with E-state index in [1.165, 1.54) is 43.7 Å². The molecule has 0 unspecified atom stereocenters. The Kier molecular flexibility index (Phi) is 6.18. The minimum Gasteiger partial charge on any atom is -0.453 e. The largest absolute Gasteiger partial charge is 0.453 e. The van der Waals surface area contributed by atoms with Crippen molar-refractivity contribution in [1.82, 2.24) is 14.1 Å². The van der Waals surface area contributed by atoms with Crippen LogP contribution in [0.1, 0.15) is 0 Å². The van der Waals surface area contributed by atoms with E-state index < -0.39 is 0 Å². The van der Waals surface area contributed by atoms with Crippen LogP contribution < -0.4 is 9.64 Å². The molecule has 52 heavy (non-hydrogen) atoms. The molecule has 0 N–H and O–H groups in total. The van der Waals surface area contributed by atoms with Crippen LogP contribution in [0.5, 0.6) is 11.5 Å². The second-order valence-corrected chi connectivity index (χ2v) is 13.2. The van der Waals surface area contributed by atoms with Crippen LogP contribution in [0.2, 0.25) is 0 Å². The number of anilines is 3. The fourth-order valence-corrected chi connectivity index (χ4v) is 8.02. The molecular formula is C47H30N4O. The van der Waals surface area contributed by atoms with E-state index in [4.69, 9.17) is 9.72 Å². The minimum atomic E-state index is 0.806. The van der Waals surface area contributed by atoms with Gasteiger partial charge >= 0.3 is 0 Å². The van der Waals surface area contributed by atoms with E-state index in [1.54, 1.807) is 0 Å². The third kappa shape index (κ3) is 4.26. The standard InChI is InChI=1S/C47H30N4O/c1-2-13-33(14-3-1)49-38-17-6-4-15-34(38)36-29-31(25-27-40(36)49)32-26-28-41-37(30-32)35-16-5-7-18-39(35)50(41)46-23-12-24-47(48-46)51-42-19-8-10-21-44(42)52-45-22-11-9-20-43(45)51/h1-30H. The summed E-state index contributed by atoms with van der Waals surface area (Å²) < 4.78 is 10.9. The van der Waals surface area contributed by atoms with Crippen molar-refractivity contribution in [3.05, 3.63) is 182 Å². The van der Waals surface area contributed by atoms with Crippen molar-refractivity contribution in [3.8, 4) is 34.1 Å². The Morgan fingerprint density at radius 1 is 0.365 bits per heavy atom. The highest BCUT2D eigenvalue weighted by atomic mass is 16.5. The highest BCUT2D eigenvalue weighted by Crippen LogP contribution is 2.50. The molecule has 0 aliphatic carbocycles. The van der Waals surface area contributed by atoms with Crippen molar-refractivity contribution in [2.45, 2.75) is 0 Å². The van der Waals surface area contributed by atoms with Crippen LogP contribution in [0.3, 0.4) is 0 Å². The van der Waals surface area contributed by atoms with Crippen LogP contribution in [-0.4, -0.2) is 14.1 Å².